The summed E-state index contributed by atoms with van der Waals surface area (Å²) in [5, 5.41) is 0. The zero-order valence-corrected chi connectivity index (χ0v) is 13.3. The average molecular weight is 287 g/mol. The minimum atomic E-state index is 0.216. The van der Waals surface area contributed by atoms with Crippen LogP contribution in [0.3, 0.4) is 0 Å². The largest absolute Gasteiger partial charge is 0.342 e. The molecule has 0 saturated carbocycles. The van der Waals surface area contributed by atoms with Gasteiger partial charge in [-0.05, 0) is 30.5 Å². The molecular weight excluding hydrogens is 262 g/mol. The van der Waals surface area contributed by atoms with Crippen molar-refractivity contribution >= 4 is 16.9 Å². The highest BCUT2D eigenvalue weighted by Crippen LogP contribution is 2.15. The lowest BCUT2D eigenvalue weighted by Crippen LogP contribution is -2.33. The lowest BCUT2D eigenvalue weighted by Gasteiger charge is -2.21. The molecule has 2 rings (SSSR count). The number of nitrogens with one attached hydrogen (secondary N) is 1. The molecule has 1 aromatic carbocycles. The molecule has 114 valence electrons. The van der Waals surface area contributed by atoms with Gasteiger partial charge in [0.2, 0.25) is 5.91 Å². The van der Waals surface area contributed by atoms with E-state index in [9.17, 15) is 4.79 Å². The molecule has 0 aliphatic rings. The summed E-state index contributed by atoms with van der Waals surface area (Å²) >= 11 is 0. The van der Waals surface area contributed by atoms with E-state index >= 15 is 0 Å². The van der Waals surface area contributed by atoms with E-state index < -0.39 is 0 Å². The first-order valence-electron chi connectivity index (χ1n) is 7.93. The van der Waals surface area contributed by atoms with Crippen LogP contribution in [0.25, 0.3) is 11.0 Å². The minimum absolute atomic E-state index is 0.216. The summed E-state index contributed by atoms with van der Waals surface area (Å²) in [4.78, 5) is 22.2. The van der Waals surface area contributed by atoms with Gasteiger partial charge in [-0.3, -0.25) is 4.79 Å². The number of aromatic amines is 1. The van der Waals surface area contributed by atoms with Gasteiger partial charge in [0.25, 0.3) is 0 Å². The minimum Gasteiger partial charge on any atom is -0.342 e. The molecule has 4 nitrogen and oxygen atoms in total. The number of imidazole rings is 1. The highest BCUT2D eigenvalue weighted by atomic mass is 16.2. The van der Waals surface area contributed by atoms with Crippen LogP contribution in [0.2, 0.25) is 0 Å². The van der Waals surface area contributed by atoms with Crippen LogP contribution < -0.4 is 0 Å². The Hall–Kier alpha value is -1.84. The Balaban J connectivity index is 2.12. The zero-order valence-electron chi connectivity index (χ0n) is 13.3. The predicted octanol–water partition coefficient (Wildman–Crippen LogP) is 3.32. The van der Waals surface area contributed by atoms with Crippen molar-refractivity contribution in [2.75, 3.05) is 13.1 Å². The fraction of sp³-hybridized carbons (Fsp3) is 0.529. The number of aryl methyl sites for hydroxylation is 1. The predicted molar refractivity (Wildman–Crippen MR) is 86.3 cm³/mol. The number of fused-ring (bicyclic) bond motifs is 1. The van der Waals surface area contributed by atoms with E-state index in [0.717, 1.165) is 54.8 Å². The highest BCUT2D eigenvalue weighted by Gasteiger charge is 2.13. The van der Waals surface area contributed by atoms with Crippen molar-refractivity contribution in [2.24, 2.45) is 0 Å². The first kappa shape index (κ1) is 15.5. The van der Waals surface area contributed by atoms with Gasteiger partial charge in [0.1, 0.15) is 5.82 Å². The molecule has 0 radical (unpaired) electrons. The molecule has 0 spiro atoms. The number of carbonyl (C=O) groups is 1. The van der Waals surface area contributed by atoms with Crippen LogP contribution in [0.15, 0.2) is 18.2 Å². The van der Waals surface area contributed by atoms with E-state index in [1.54, 1.807) is 0 Å². The van der Waals surface area contributed by atoms with Crippen molar-refractivity contribution in [3.05, 3.63) is 29.6 Å². The molecule has 21 heavy (non-hydrogen) atoms. The summed E-state index contributed by atoms with van der Waals surface area (Å²) in [5.74, 6) is 1.21. The van der Waals surface area contributed by atoms with Crippen LogP contribution in [0.4, 0.5) is 0 Å². The van der Waals surface area contributed by atoms with Crippen molar-refractivity contribution in [1.29, 1.82) is 0 Å². The number of hydrogen-bond donors (Lipinski definition) is 1. The number of benzene rings is 1. The molecule has 0 atom stereocenters. The fourth-order valence-electron chi connectivity index (χ4n) is 2.57. The number of aromatic nitrogens is 2. The molecule has 1 N–H and O–H groups in total. The first-order chi connectivity index (χ1) is 10.2. The van der Waals surface area contributed by atoms with E-state index in [2.05, 4.69) is 36.8 Å². The molecule has 0 saturated heterocycles. The zero-order chi connectivity index (χ0) is 15.2. The Morgan fingerprint density at radius 3 is 2.52 bits per heavy atom. The topological polar surface area (TPSA) is 49.0 Å². The summed E-state index contributed by atoms with van der Waals surface area (Å²) < 4.78 is 0. The number of carbonyl (C=O) groups excluding carboxylic acids is 1. The van der Waals surface area contributed by atoms with Crippen LogP contribution in [-0.4, -0.2) is 33.9 Å². The van der Waals surface area contributed by atoms with Gasteiger partial charge < -0.3 is 9.88 Å². The quantitative estimate of drug-likeness (QED) is 0.849. The Kier molecular flexibility index (Phi) is 5.37. The second-order valence-electron chi connectivity index (χ2n) is 5.45. The number of rotatable bonds is 7. The van der Waals surface area contributed by atoms with Gasteiger partial charge in [0.15, 0.2) is 0 Å². The van der Waals surface area contributed by atoms with Gasteiger partial charge in [-0.15, -0.1) is 0 Å². The monoisotopic (exact) mass is 287 g/mol. The van der Waals surface area contributed by atoms with Gasteiger partial charge >= 0.3 is 0 Å². The standard InChI is InChI=1S/C17H25N3O/c1-4-9-20(10-5-2)17(21)12-13-7-8-14-15(11-13)19-16(6-3)18-14/h7-8,11H,4-6,9-10,12H2,1-3H3,(H,18,19). The Morgan fingerprint density at radius 2 is 1.90 bits per heavy atom. The molecule has 0 aliphatic heterocycles. The third-order valence-corrected chi connectivity index (χ3v) is 3.63. The van der Waals surface area contributed by atoms with Gasteiger partial charge in [0.05, 0.1) is 17.5 Å². The summed E-state index contributed by atoms with van der Waals surface area (Å²) in [6, 6.07) is 6.06. The molecule has 0 fully saturated rings. The van der Waals surface area contributed by atoms with Gasteiger partial charge in [-0.25, -0.2) is 4.98 Å². The number of H-pyrrole nitrogens is 1. The normalized spacial score (nSPS) is 11.0. The van der Waals surface area contributed by atoms with Crippen molar-refractivity contribution in [3.8, 4) is 0 Å². The molecule has 0 bridgehead atoms. The molecular formula is C17H25N3O. The van der Waals surface area contributed by atoms with Crippen molar-refractivity contribution in [2.45, 2.75) is 46.5 Å². The van der Waals surface area contributed by atoms with Crippen LogP contribution >= 0.6 is 0 Å². The van der Waals surface area contributed by atoms with Crippen molar-refractivity contribution in [1.82, 2.24) is 14.9 Å². The smallest absolute Gasteiger partial charge is 0.226 e. The molecule has 2 aromatic rings. The summed E-state index contributed by atoms with van der Waals surface area (Å²) in [6.45, 7) is 7.99. The highest BCUT2D eigenvalue weighted by molar-refractivity contribution is 5.81. The first-order valence-corrected chi connectivity index (χ1v) is 7.93. The van der Waals surface area contributed by atoms with E-state index in [1.165, 1.54) is 0 Å². The average Bonchev–Trinajstić information content (AvgIpc) is 2.89. The second kappa shape index (κ2) is 7.25. The summed E-state index contributed by atoms with van der Waals surface area (Å²) in [7, 11) is 0. The second-order valence-corrected chi connectivity index (χ2v) is 5.45. The maximum absolute atomic E-state index is 12.4. The maximum atomic E-state index is 12.4. The van der Waals surface area contributed by atoms with E-state index in [0.29, 0.717) is 6.42 Å². The Morgan fingerprint density at radius 1 is 1.19 bits per heavy atom. The van der Waals surface area contributed by atoms with E-state index in [4.69, 9.17) is 0 Å². The fourth-order valence-corrected chi connectivity index (χ4v) is 2.57. The number of nitrogens with zero attached hydrogens (tertiary/aromatic N) is 2. The lowest BCUT2D eigenvalue weighted by molar-refractivity contribution is -0.130. The maximum Gasteiger partial charge on any atom is 0.226 e. The molecule has 1 heterocycles. The van der Waals surface area contributed by atoms with Gasteiger partial charge in [0, 0.05) is 19.5 Å². The molecule has 1 aromatic heterocycles. The third-order valence-electron chi connectivity index (χ3n) is 3.63. The molecule has 4 heteroatoms. The Labute approximate surface area is 126 Å². The van der Waals surface area contributed by atoms with Crippen LogP contribution in [-0.2, 0) is 17.6 Å². The molecule has 0 unspecified atom stereocenters. The molecule has 1 amide bonds. The summed E-state index contributed by atoms with van der Waals surface area (Å²) in [6.07, 6.45) is 3.37. The van der Waals surface area contributed by atoms with Crippen LogP contribution in [0, 0.1) is 0 Å². The van der Waals surface area contributed by atoms with Crippen molar-refractivity contribution in [3.63, 3.8) is 0 Å². The van der Waals surface area contributed by atoms with Gasteiger partial charge in [-0.1, -0.05) is 26.8 Å². The number of amides is 1. The van der Waals surface area contributed by atoms with E-state index in [-0.39, 0.29) is 5.91 Å². The van der Waals surface area contributed by atoms with Crippen molar-refractivity contribution < 1.29 is 4.79 Å². The summed E-state index contributed by atoms with van der Waals surface area (Å²) in [5.41, 5.74) is 3.05. The lowest BCUT2D eigenvalue weighted by atomic mass is 10.1. The third kappa shape index (κ3) is 3.84. The number of hydrogen-bond acceptors (Lipinski definition) is 2. The SMILES string of the molecule is CCCN(CCC)C(=O)Cc1ccc2nc(CC)[nH]c2c1. The molecule has 0 aliphatic carbocycles. The van der Waals surface area contributed by atoms with E-state index in [1.807, 2.05) is 17.0 Å². The Bertz CT molecular complexity index is 597. The van der Waals surface area contributed by atoms with Crippen LogP contribution in [0.5, 0.6) is 0 Å². The van der Waals surface area contributed by atoms with Crippen LogP contribution in [0.1, 0.15) is 45.0 Å². The van der Waals surface area contributed by atoms with Gasteiger partial charge in [-0.2, -0.15) is 0 Å².